The molecule has 0 aliphatic heterocycles. The summed E-state index contributed by atoms with van der Waals surface area (Å²) in [5.41, 5.74) is 5.66. The maximum Gasteiger partial charge on any atom is 0.326 e. The Morgan fingerprint density at radius 3 is 2.56 bits per heavy atom. The van der Waals surface area contributed by atoms with Gasteiger partial charge in [-0.3, -0.25) is 4.79 Å². The van der Waals surface area contributed by atoms with Gasteiger partial charge in [-0.1, -0.05) is 19.1 Å². The van der Waals surface area contributed by atoms with Crippen molar-refractivity contribution in [2.45, 2.75) is 31.8 Å². The summed E-state index contributed by atoms with van der Waals surface area (Å²) in [5.74, 6) is -1.41. The van der Waals surface area contributed by atoms with Crippen molar-refractivity contribution in [2.75, 3.05) is 7.05 Å². The summed E-state index contributed by atoms with van der Waals surface area (Å²) < 4.78 is 0. The van der Waals surface area contributed by atoms with E-state index in [0.29, 0.717) is 12.8 Å². The highest BCUT2D eigenvalue weighted by molar-refractivity contribution is 5.86. The minimum Gasteiger partial charge on any atom is -0.480 e. The Balaban J connectivity index is 2.66. The number of nitrogens with zero attached hydrogens (tertiary/aromatic N) is 1. The van der Waals surface area contributed by atoms with Crippen LogP contribution < -0.4 is 5.73 Å². The normalized spacial score (nSPS) is 25.4. The summed E-state index contributed by atoms with van der Waals surface area (Å²) in [5, 5.41) is 8.95. The number of likely N-dealkylation sites (N-methyl/N-ethyl adjacent to an activating group) is 1. The first-order chi connectivity index (χ1) is 7.47. The third-order valence-corrected chi connectivity index (χ3v) is 2.92. The van der Waals surface area contributed by atoms with E-state index in [4.69, 9.17) is 10.8 Å². The topological polar surface area (TPSA) is 83.6 Å². The Kier molecular flexibility index (Phi) is 4.06. The Hall–Kier alpha value is -1.36. The van der Waals surface area contributed by atoms with E-state index in [1.54, 1.807) is 19.1 Å². The zero-order chi connectivity index (χ0) is 12.3. The zero-order valence-corrected chi connectivity index (χ0v) is 9.59. The molecule has 16 heavy (non-hydrogen) atoms. The fourth-order valence-corrected chi connectivity index (χ4v) is 1.94. The van der Waals surface area contributed by atoms with Crippen LogP contribution in [0.1, 0.15) is 19.8 Å². The highest BCUT2D eigenvalue weighted by Gasteiger charge is 2.31. The number of aliphatic carboxylic acids is 1. The summed E-state index contributed by atoms with van der Waals surface area (Å²) >= 11 is 0. The molecular formula is C11H18N2O3. The SMILES string of the molecule is CCC(C(=O)O)N(C)C(=O)C1C=CC(N)C1. The van der Waals surface area contributed by atoms with E-state index in [1.165, 1.54) is 11.9 Å². The molecule has 3 unspecified atom stereocenters. The molecule has 1 aliphatic carbocycles. The van der Waals surface area contributed by atoms with E-state index in [1.807, 2.05) is 0 Å². The average molecular weight is 226 g/mol. The van der Waals surface area contributed by atoms with Crippen molar-refractivity contribution in [3.8, 4) is 0 Å². The predicted octanol–water partition coefficient (Wildman–Crippen LogP) is 0.211. The zero-order valence-electron chi connectivity index (χ0n) is 9.59. The molecular weight excluding hydrogens is 208 g/mol. The van der Waals surface area contributed by atoms with Crippen molar-refractivity contribution >= 4 is 11.9 Å². The molecule has 3 atom stereocenters. The first kappa shape index (κ1) is 12.7. The first-order valence-corrected chi connectivity index (χ1v) is 5.40. The Morgan fingerprint density at radius 2 is 2.19 bits per heavy atom. The van der Waals surface area contributed by atoms with Gasteiger partial charge < -0.3 is 15.7 Å². The molecule has 0 heterocycles. The van der Waals surface area contributed by atoms with Crippen molar-refractivity contribution in [1.29, 1.82) is 0 Å². The van der Waals surface area contributed by atoms with Crippen LogP contribution in [0.3, 0.4) is 0 Å². The lowest BCUT2D eigenvalue weighted by Gasteiger charge is -2.26. The second-order valence-corrected chi connectivity index (χ2v) is 4.10. The number of nitrogens with two attached hydrogens (primary N) is 1. The molecule has 1 amide bonds. The maximum atomic E-state index is 12.0. The van der Waals surface area contributed by atoms with E-state index in [9.17, 15) is 9.59 Å². The molecule has 1 aliphatic rings. The fourth-order valence-electron chi connectivity index (χ4n) is 1.94. The summed E-state index contributed by atoms with van der Waals surface area (Å²) in [4.78, 5) is 24.2. The number of carbonyl (C=O) groups is 2. The molecule has 5 heteroatoms. The Labute approximate surface area is 94.9 Å². The number of carboxylic acids is 1. The molecule has 1 rings (SSSR count). The molecule has 0 aromatic rings. The van der Waals surface area contributed by atoms with Gasteiger partial charge in [0.05, 0.1) is 5.92 Å². The van der Waals surface area contributed by atoms with Gasteiger partial charge in [-0.2, -0.15) is 0 Å². The molecule has 0 aromatic carbocycles. The molecule has 0 radical (unpaired) electrons. The van der Waals surface area contributed by atoms with Crippen LogP contribution in [0.25, 0.3) is 0 Å². The Morgan fingerprint density at radius 1 is 1.56 bits per heavy atom. The molecule has 3 N–H and O–H groups in total. The smallest absolute Gasteiger partial charge is 0.326 e. The lowest BCUT2D eigenvalue weighted by atomic mass is 10.0. The van der Waals surface area contributed by atoms with E-state index >= 15 is 0 Å². The fraction of sp³-hybridized carbons (Fsp3) is 0.636. The largest absolute Gasteiger partial charge is 0.480 e. The standard InChI is InChI=1S/C11H18N2O3/c1-3-9(11(15)16)13(2)10(14)7-4-5-8(12)6-7/h4-5,7-9H,3,6,12H2,1-2H3,(H,15,16). The molecule has 0 saturated heterocycles. The molecule has 90 valence electrons. The number of amides is 1. The molecule has 0 bridgehead atoms. The van der Waals surface area contributed by atoms with Crippen molar-refractivity contribution in [3.63, 3.8) is 0 Å². The van der Waals surface area contributed by atoms with Crippen LogP contribution in [0.5, 0.6) is 0 Å². The van der Waals surface area contributed by atoms with Gasteiger partial charge in [0.1, 0.15) is 6.04 Å². The highest BCUT2D eigenvalue weighted by Crippen LogP contribution is 2.20. The van der Waals surface area contributed by atoms with Crippen LogP contribution >= 0.6 is 0 Å². The van der Waals surface area contributed by atoms with Gasteiger partial charge in [0, 0.05) is 13.1 Å². The number of carbonyl (C=O) groups excluding carboxylic acids is 1. The van der Waals surface area contributed by atoms with E-state index in [2.05, 4.69) is 0 Å². The summed E-state index contributed by atoms with van der Waals surface area (Å²) in [6.45, 7) is 1.75. The van der Waals surface area contributed by atoms with E-state index in [0.717, 1.165) is 0 Å². The minimum atomic E-state index is -0.968. The van der Waals surface area contributed by atoms with Gasteiger partial charge in [-0.25, -0.2) is 4.79 Å². The number of hydrogen-bond donors (Lipinski definition) is 2. The second kappa shape index (κ2) is 5.12. The van der Waals surface area contributed by atoms with Crippen molar-refractivity contribution < 1.29 is 14.7 Å². The maximum absolute atomic E-state index is 12.0. The molecule has 0 saturated carbocycles. The van der Waals surface area contributed by atoms with Gasteiger partial charge in [0.15, 0.2) is 0 Å². The van der Waals surface area contributed by atoms with Gasteiger partial charge in [0.2, 0.25) is 5.91 Å². The predicted molar refractivity (Wildman–Crippen MR) is 59.7 cm³/mol. The highest BCUT2D eigenvalue weighted by atomic mass is 16.4. The summed E-state index contributed by atoms with van der Waals surface area (Å²) in [6, 6.07) is -0.843. The summed E-state index contributed by atoms with van der Waals surface area (Å²) in [7, 11) is 1.53. The van der Waals surface area contributed by atoms with Crippen LogP contribution in [0.15, 0.2) is 12.2 Å². The van der Waals surface area contributed by atoms with Gasteiger partial charge in [-0.05, 0) is 12.8 Å². The number of carboxylic acid groups (broad SMARTS) is 1. The summed E-state index contributed by atoms with van der Waals surface area (Å²) in [6.07, 6.45) is 4.52. The van der Waals surface area contributed by atoms with E-state index < -0.39 is 12.0 Å². The van der Waals surface area contributed by atoms with Crippen LogP contribution in [0.4, 0.5) is 0 Å². The number of hydrogen-bond acceptors (Lipinski definition) is 3. The van der Waals surface area contributed by atoms with Crippen LogP contribution in [0.2, 0.25) is 0 Å². The van der Waals surface area contributed by atoms with Crippen LogP contribution in [-0.4, -0.2) is 41.0 Å². The van der Waals surface area contributed by atoms with Crippen LogP contribution in [0, 0.1) is 5.92 Å². The van der Waals surface area contributed by atoms with Gasteiger partial charge >= 0.3 is 5.97 Å². The molecule has 0 fully saturated rings. The average Bonchev–Trinajstić information content (AvgIpc) is 2.64. The molecule has 5 nitrogen and oxygen atoms in total. The minimum absolute atomic E-state index is 0.0905. The Bertz CT molecular complexity index is 314. The molecule has 0 aromatic heterocycles. The second-order valence-electron chi connectivity index (χ2n) is 4.10. The lowest BCUT2D eigenvalue weighted by molar-refractivity contribution is -0.150. The quantitative estimate of drug-likeness (QED) is 0.671. The third kappa shape index (κ3) is 2.61. The monoisotopic (exact) mass is 226 g/mol. The van der Waals surface area contributed by atoms with Crippen molar-refractivity contribution in [2.24, 2.45) is 11.7 Å². The van der Waals surface area contributed by atoms with Crippen LogP contribution in [-0.2, 0) is 9.59 Å². The van der Waals surface area contributed by atoms with Gasteiger partial charge in [-0.15, -0.1) is 0 Å². The molecule has 0 spiro atoms. The first-order valence-electron chi connectivity index (χ1n) is 5.40. The van der Waals surface area contributed by atoms with Crippen molar-refractivity contribution in [1.82, 2.24) is 4.90 Å². The van der Waals surface area contributed by atoms with Gasteiger partial charge in [0.25, 0.3) is 0 Å². The van der Waals surface area contributed by atoms with Crippen molar-refractivity contribution in [3.05, 3.63) is 12.2 Å². The van der Waals surface area contributed by atoms with E-state index in [-0.39, 0.29) is 17.9 Å². The number of rotatable bonds is 4. The lowest BCUT2D eigenvalue weighted by Crippen LogP contribution is -2.44. The third-order valence-electron chi connectivity index (χ3n) is 2.92.